The standard InChI is InChI=1S/C21H24OP/c1-3-12-19(4-2)23(18-11-17-22,20-13-7-5-8-14-20)21-15-9-6-10-16-21/h3-10,12-16,22H,1-2,11,17-18H2/q+1/b19-12+. The average molecular weight is 323 g/mol. The monoisotopic (exact) mass is 323 g/mol. The number of hydrogen-bond donors (Lipinski definition) is 1. The van der Waals surface area contributed by atoms with Crippen molar-refractivity contribution in [1.29, 1.82) is 0 Å². The first-order chi connectivity index (χ1) is 11.3. The summed E-state index contributed by atoms with van der Waals surface area (Å²) in [6.07, 6.45) is 7.53. The van der Waals surface area contributed by atoms with E-state index in [4.69, 9.17) is 0 Å². The lowest BCUT2D eigenvalue weighted by Gasteiger charge is -2.28. The SMILES string of the molecule is C=C/C=C(\C=C)[P+](CCCO)(c1ccccc1)c1ccccc1. The van der Waals surface area contributed by atoms with E-state index >= 15 is 0 Å². The molecule has 0 radical (unpaired) electrons. The van der Waals surface area contributed by atoms with Gasteiger partial charge in [-0.1, -0.05) is 55.6 Å². The smallest absolute Gasteiger partial charge is 0.112 e. The number of aliphatic hydroxyl groups is 1. The summed E-state index contributed by atoms with van der Waals surface area (Å²) in [6, 6.07) is 21.2. The van der Waals surface area contributed by atoms with E-state index in [1.54, 1.807) is 0 Å². The number of rotatable bonds is 8. The Morgan fingerprint density at radius 1 is 0.913 bits per heavy atom. The Balaban J connectivity index is 2.75. The van der Waals surface area contributed by atoms with Gasteiger partial charge in [0.05, 0.1) is 6.16 Å². The highest BCUT2D eigenvalue weighted by molar-refractivity contribution is 7.93. The Labute approximate surface area is 140 Å². The van der Waals surface area contributed by atoms with E-state index in [2.05, 4.69) is 67.8 Å². The molecule has 0 aliphatic heterocycles. The Morgan fingerprint density at radius 3 is 1.83 bits per heavy atom. The zero-order chi connectivity index (χ0) is 16.5. The largest absolute Gasteiger partial charge is 0.396 e. The van der Waals surface area contributed by atoms with E-state index in [1.807, 2.05) is 24.3 Å². The molecule has 0 heterocycles. The van der Waals surface area contributed by atoms with Gasteiger partial charge in [0, 0.05) is 13.0 Å². The topological polar surface area (TPSA) is 20.2 Å². The number of aliphatic hydroxyl groups excluding tert-OH is 1. The molecule has 0 saturated carbocycles. The summed E-state index contributed by atoms with van der Waals surface area (Å²) in [6.45, 7) is 8.12. The zero-order valence-electron chi connectivity index (χ0n) is 13.4. The van der Waals surface area contributed by atoms with Gasteiger partial charge in [-0.25, -0.2) is 0 Å². The van der Waals surface area contributed by atoms with Crippen LogP contribution in [0.1, 0.15) is 6.42 Å². The lowest BCUT2D eigenvalue weighted by molar-refractivity contribution is 0.296. The molecule has 0 fully saturated rings. The maximum absolute atomic E-state index is 9.46. The molecule has 0 spiro atoms. The van der Waals surface area contributed by atoms with Crippen molar-refractivity contribution in [2.24, 2.45) is 0 Å². The molecule has 2 aromatic carbocycles. The van der Waals surface area contributed by atoms with Crippen LogP contribution in [0.2, 0.25) is 0 Å². The average Bonchev–Trinajstić information content (AvgIpc) is 2.63. The van der Waals surface area contributed by atoms with Crippen molar-refractivity contribution >= 4 is 17.9 Å². The molecular formula is C21H24OP+. The van der Waals surface area contributed by atoms with Crippen molar-refractivity contribution < 1.29 is 5.11 Å². The fourth-order valence-corrected chi connectivity index (χ4v) is 7.30. The second-order valence-corrected chi connectivity index (χ2v) is 8.93. The number of allylic oxidation sites excluding steroid dienone is 4. The Bertz CT molecular complexity index is 619. The molecule has 0 atom stereocenters. The van der Waals surface area contributed by atoms with Gasteiger partial charge >= 0.3 is 0 Å². The van der Waals surface area contributed by atoms with E-state index in [9.17, 15) is 5.11 Å². The van der Waals surface area contributed by atoms with E-state index in [0.29, 0.717) is 0 Å². The van der Waals surface area contributed by atoms with E-state index in [-0.39, 0.29) is 6.61 Å². The second kappa shape index (κ2) is 8.62. The van der Waals surface area contributed by atoms with Crippen LogP contribution in [0, 0.1) is 0 Å². The van der Waals surface area contributed by atoms with Gasteiger partial charge in [0.25, 0.3) is 0 Å². The van der Waals surface area contributed by atoms with Crippen molar-refractivity contribution in [2.75, 3.05) is 12.8 Å². The van der Waals surface area contributed by atoms with Crippen LogP contribution >= 0.6 is 7.26 Å². The van der Waals surface area contributed by atoms with Crippen LogP contribution in [0.25, 0.3) is 0 Å². The maximum Gasteiger partial charge on any atom is 0.112 e. The Hall–Kier alpha value is -1.95. The van der Waals surface area contributed by atoms with Gasteiger partial charge in [0.15, 0.2) is 0 Å². The van der Waals surface area contributed by atoms with Crippen LogP contribution < -0.4 is 10.6 Å². The lowest BCUT2D eigenvalue weighted by Crippen LogP contribution is -2.26. The summed E-state index contributed by atoms with van der Waals surface area (Å²) in [5.41, 5.74) is 0. The van der Waals surface area contributed by atoms with Gasteiger partial charge in [-0.2, -0.15) is 0 Å². The third kappa shape index (κ3) is 3.69. The third-order valence-corrected chi connectivity index (χ3v) is 8.54. The molecule has 2 rings (SSSR count). The molecule has 0 aliphatic rings. The molecule has 1 N–H and O–H groups in total. The summed E-state index contributed by atoms with van der Waals surface area (Å²) in [7, 11) is -1.83. The molecule has 1 nitrogen and oxygen atoms in total. The highest BCUT2D eigenvalue weighted by Crippen LogP contribution is 2.64. The van der Waals surface area contributed by atoms with Crippen LogP contribution in [-0.4, -0.2) is 17.9 Å². The summed E-state index contributed by atoms with van der Waals surface area (Å²) in [5, 5.41) is 13.3. The first kappa shape index (κ1) is 17.4. The predicted octanol–water partition coefficient (Wildman–Crippen LogP) is 4.29. The fourth-order valence-electron chi connectivity index (χ4n) is 2.98. The summed E-state index contributed by atoms with van der Waals surface area (Å²) >= 11 is 0. The molecule has 2 aromatic rings. The van der Waals surface area contributed by atoms with Crippen LogP contribution in [0.5, 0.6) is 0 Å². The lowest BCUT2D eigenvalue weighted by atomic mass is 10.4. The summed E-state index contributed by atoms with van der Waals surface area (Å²) < 4.78 is 0. The zero-order valence-corrected chi connectivity index (χ0v) is 14.3. The summed E-state index contributed by atoms with van der Waals surface area (Å²) in [4.78, 5) is 0. The van der Waals surface area contributed by atoms with Gasteiger partial charge in [-0.3, -0.25) is 0 Å². The minimum atomic E-state index is -1.83. The molecule has 2 heteroatoms. The van der Waals surface area contributed by atoms with Crippen LogP contribution in [0.4, 0.5) is 0 Å². The third-order valence-electron chi connectivity index (χ3n) is 3.98. The maximum atomic E-state index is 9.46. The summed E-state index contributed by atoms with van der Waals surface area (Å²) in [5.74, 6) is 0. The fraction of sp³-hybridized carbons (Fsp3) is 0.143. The normalized spacial score (nSPS) is 12.0. The van der Waals surface area contributed by atoms with Crippen molar-refractivity contribution in [3.05, 3.63) is 97.4 Å². The predicted molar refractivity (Wildman–Crippen MR) is 104 cm³/mol. The van der Waals surface area contributed by atoms with Gasteiger partial charge in [0.2, 0.25) is 0 Å². The second-order valence-electron chi connectivity index (χ2n) is 5.31. The van der Waals surface area contributed by atoms with Crippen LogP contribution in [0.15, 0.2) is 97.4 Å². The van der Waals surface area contributed by atoms with E-state index in [0.717, 1.165) is 12.6 Å². The molecule has 0 unspecified atom stereocenters. The van der Waals surface area contributed by atoms with Gasteiger partial charge < -0.3 is 5.11 Å². The number of hydrogen-bond acceptors (Lipinski definition) is 1. The number of benzene rings is 2. The van der Waals surface area contributed by atoms with Crippen LogP contribution in [0.3, 0.4) is 0 Å². The molecule has 0 bridgehead atoms. The molecule has 0 amide bonds. The first-order valence-electron chi connectivity index (χ1n) is 7.85. The molecule has 0 aliphatic carbocycles. The van der Waals surface area contributed by atoms with E-state index in [1.165, 1.54) is 15.9 Å². The van der Waals surface area contributed by atoms with Crippen molar-refractivity contribution in [2.45, 2.75) is 6.42 Å². The molecular weight excluding hydrogens is 299 g/mol. The van der Waals surface area contributed by atoms with Crippen LogP contribution in [-0.2, 0) is 0 Å². The molecule has 118 valence electrons. The Kier molecular flexibility index (Phi) is 6.52. The van der Waals surface area contributed by atoms with Crippen molar-refractivity contribution in [1.82, 2.24) is 0 Å². The first-order valence-corrected chi connectivity index (χ1v) is 9.83. The Morgan fingerprint density at radius 2 is 1.43 bits per heavy atom. The van der Waals surface area contributed by atoms with Crippen molar-refractivity contribution in [3.63, 3.8) is 0 Å². The highest BCUT2D eigenvalue weighted by Gasteiger charge is 2.45. The quantitative estimate of drug-likeness (QED) is 0.567. The van der Waals surface area contributed by atoms with Gasteiger partial charge in [-0.05, 0) is 36.4 Å². The minimum absolute atomic E-state index is 0.194. The molecule has 0 saturated heterocycles. The van der Waals surface area contributed by atoms with Gasteiger partial charge in [-0.15, -0.1) is 0 Å². The van der Waals surface area contributed by atoms with Gasteiger partial charge in [0.1, 0.15) is 23.2 Å². The van der Waals surface area contributed by atoms with E-state index < -0.39 is 7.26 Å². The minimum Gasteiger partial charge on any atom is -0.396 e. The highest BCUT2D eigenvalue weighted by atomic mass is 31.2. The molecule has 23 heavy (non-hydrogen) atoms. The molecule has 0 aromatic heterocycles. The van der Waals surface area contributed by atoms with Crippen molar-refractivity contribution in [3.8, 4) is 0 Å².